The van der Waals surface area contributed by atoms with Crippen molar-refractivity contribution in [2.45, 2.75) is 6.42 Å². The maximum absolute atomic E-state index is 5.21. The highest BCUT2D eigenvalue weighted by Crippen LogP contribution is 2.25. The van der Waals surface area contributed by atoms with Gasteiger partial charge in [0.1, 0.15) is 5.75 Å². The van der Waals surface area contributed by atoms with Crippen molar-refractivity contribution in [1.82, 2.24) is 10.3 Å². The maximum Gasteiger partial charge on any atom is 0.119 e. The van der Waals surface area contributed by atoms with E-state index in [1.807, 2.05) is 25.2 Å². The molecule has 0 fully saturated rings. The first kappa shape index (κ1) is 15.0. The van der Waals surface area contributed by atoms with Gasteiger partial charge in [-0.2, -0.15) is 0 Å². The van der Waals surface area contributed by atoms with Gasteiger partial charge in [0.2, 0.25) is 0 Å². The number of hydrogen-bond acceptors (Lipinski definition) is 4. The van der Waals surface area contributed by atoms with E-state index in [4.69, 9.17) is 4.74 Å². The molecular formula is C13H17ClN2OS. The SMILES string of the molecule is CNCCc1nc(-c2cccc(OC)c2)cs1.Cl. The zero-order valence-corrected chi connectivity index (χ0v) is 12.1. The predicted octanol–water partition coefficient (Wildman–Crippen LogP) is 3.00. The molecule has 2 aromatic rings. The number of methoxy groups -OCH3 is 1. The Kier molecular flexibility index (Phi) is 6.12. The van der Waals surface area contributed by atoms with Crippen LogP contribution < -0.4 is 10.1 Å². The minimum Gasteiger partial charge on any atom is -0.497 e. The highest BCUT2D eigenvalue weighted by Gasteiger charge is 2.05. The number of halogens is 1. The van der Waals surface area contributed by atoms with Gasteiger partial charge in [0.05, 0.1) is 17.8 Å². The van der Waals surface area contributed by atoms with E-state index in [1.165, 1.54) is 0 Å². The highest BCUT2D eigenvalue weighted by atomic mass is 35.5. The molecule has 0 saturated carbocycles. The molecule has 2 rings (SSSR count). The van der Waals surface area contributed by atoms with Crippen LogP contribution in [0.25, 0.3) is 11.3 Å². The minimum atomic E-state index is 0. The van der Waals surface area contributed by atoms with Crippen LogP contribution in [0.1, 0.15) is 5.01 Å². The largest absolute Gasteiger partial charge is 0.497 e. The molecule has 1 heterocycles. The quantitative estimate of drug-likeness (QED) is 0.916. The van der Waals surface area contributed by atoms with Crippen molar-refractivity contribution < 1.29 is 4.74 Å². The number of thiazole rings is 1. The van der Waals surface area contributed by atoms with Crippen LogP contribution in [0, 0.1) is 0 Å². The van der Waals surface area contributed by atoms with Gasteiger partial charge in [-0.15, -0.1) is 23.7 Å². The molecule has 98 valence electrons. The van der Waals surface area contributed by atoms with Crippen LogP contribution >= 0.6 is 23.7 Å². The van der Waals surface area contributed by atoms with Gasteiger partial charge < -0.3 is 10.1 Å². The molecule has 0 aliphatic carbocycles. The summed E-state index contributed by atoms with van der Waals surface area (Å²) in [7, 11) is 3.63. The number of rotatable bonds is 5. The zero-order chi connectivity index (χ0) is 12.1. The lowest BCUT2D eigenvalue weighted by molar-refractivity contribution is 0.415. The first-order valence-electron chi connectivity index (χ1n) is 5.57. The van der Waals surface area contributed by atoms with E-state index >= 15 is 0 Å². The third kappa shape index (κ3) is 3.70. The molecule has 3 nitrogen and oxygen atoms in total. The molecule has 0 bridgehead atoms. The Hall–Kier alpha value is -1.10. The molecule has 18 heavy (non-hydrogen) atoms. The Morgan fingerprint density at radius 2 is 2.22 bits per heavy atom. The van der Waals surface area contributed by atoms with Gasteiger partial charge in [-0.25, -0.2) is 4.98 Å². The summed E-state index contributed by atoms with van der Waals surface area (Å²) >= 11 is 1.71. The summed E-state index contributed by atoms with van der Waals surface area (Å²) in [5.74, 6) is 0.868. The lowest BCUT2D eigenvalue weighted by Crippen LogP contribution is -2.09. The summed E-state index contributed by atoms with van der Waals surface area (Å²) in [5.41, 5.74) is 2.14. The molecule has 5 heteroatoms. The van der Waals surface area contributed by atoms with E-state index < -0.39 is 0 Å². The molecule has 0 amide bonds. The summed E-state index contributed by atoms with van der Waals surface area (Å²) in [6.07, 6.45) is 0.977. The minimum absolute atomic E-state index is 0. The second-order valence-electron chi connectivity index (χ2n) is 3.71. The van der Waals surface area contributed by atoms with Crippen LogP contribution in [0.2, 0.25) is 0 Å². The van der Waals surface area contributed by atoms with Crippen molar-refractivity contribution in [3.63, 3.8) is 0 Å². The summed E-state index contributed by atoms with van der Waals surface area (Å²) < 4.78 is 5.21. The predicted molar refractivity (Wildman–Crippen MR) is 79.0 cm³/mol. The van der Waals surface area contributed by atoms with Crippen LogP contribution in [0.3, 0.4) is 0 Å². The molecule has 0 atom stereocenters. The Balaban J connectivity index is 0.00000162. The summed E-state index contributed by atoms with van der Waals surface area (Å²) in [4.78, 5) is 4.62. The van der Waals surface area contributed by atoms with E-state index in [1.54, 1.807) is 18.4 Å². The van der Waals surface area contributed by atoms with Crippen LogP contribution in [-0.4, -0.2) is 25.7 Å². The average molecular weight is 285 g/mol. The lowest BCUT2D eigenvalue weighted by Gasteiger charge is -2.01. The van der Waals surface area contributed by atoms with Crippen LogP contribution in [0.4, 0.5) is 0 Å². The number of hydrogen-bond donors (Lipinski definition) is 1. The van der Waals surface area contributed by atoms with Gasteiger partial charge in [0.15, 0.2) is 0 Å². The topological polar surface area (TPSA) is 34.2 Å². The highest BCUT2D eigenvalue weighted by molar-refractivity contribution is 7.09. The van der Waals surface area contributed by atoms with E-state index in [0.29, 0.717) is 0 Å². The molecular weight excluding hydrogens is 268 g/mol. The second-order valence-corrected chi connectivity index (χ2v) is 4.65. The fourth-order valence-corrected chi connectivity index (χ4v) is 2.38. The monoisotopic (exact) mass is 284 g/mol. The summed E-state index contributed by atoms with van der Waals surface area (Å²) in [6, 6.07) is 7.99. The van der Waals surface area contributed by atoms with E-state index in [0.717, 1.165) is 35.0 Å². The van der Waals surface area contributed by atoms with Gasteiger partial charge in [0, 0.05) is 23.9 Å². The van der Waals surface area contributed by atoms with E-state index in [9.17, 15) is 0 Å². The van der Waals surface area contributed by atoms with Crippen molar-refractivity contribution in [2.75, 3.05) is 20.7 Å². The first-order chi connectivity index (χ1) is 8.33. The van der Waals surface area contributed by atoms with Crippen molar-refractivity contribution in [2.24, 2.45) is 0 Å². The summed E-state index contributed by atoms with van der Waals surface area (Å²) in [6.45, 7) is 0.963. The lowest BCUT2D eigenvalue weighted by atomic mass is 10.2. The molecule has 0 aliphatic rings. The number of aromatic nitrogens is 1. The van der Waals surface area contributed by atoms with E-state index in [-0.39, 0.29) is 12.4 Å². The molecule has 0 radical (unpaired) electrons. The van der Waals surface area contributed by atoms with E-state index in [2.05, 4.69) is 21.7 Å². The fourth-order valence-electron chi connectivity index (χ4n) is 1.57. The second kappa shape index (κ2) is 7.36. The molecule has 0 unspecified atom stereocenters. The maximum atomic E-state index is 5.21. The number of likely N-dealkylation sites (N-methyl/N-ethyl adjacent to an activating group) is 1. The van der Waals surface area contributed by atoms with Crippen LogP contribution in [0.5, 0.6) is 5.75 Å². The Labute approximate surface area is 118 Å². The Morgan fingerprint density at radius 3 is 2.94 bits per heavy atom. The van der Waals surface area contributed by atoms with Crippen molar-refractivity contribution in [3.05, 3.63) is 34.7 Å². The van der Waals surface area contributed by atoms with Crippen LogP contribution in [-0.2, 0) is 6.42 Å². The molecule has 0 aliphatic heterocycles. The third-order valence-corrected chi connectivity index (χ3v) is 3.41. The van der Waals surface area contributed by atoms with Gasteiger partial charge in [-0.1, -0.05) is 12.1 Å². The van der Waals surface area contributed by atoms with Crippen molar-refractivity contribution in [3.8, 4) is 17.0 Å². The first-order valence-corrected chi connectivity index (χ1v) is 6.45. The van der Waals surface area contributed by atoms with Crippen LogP contribution in [0.15, 0.2) is 29.6 Å². The Morgan fingerprint density at radius 1 is 1.39 bits per heavy atom. The normalized spacial score (nSPS) is 9.89. The smallest absolute Gasteiger partial charge is 0.119 e. The van der Waals surface area contributed by atoms with Gasteiger partial charge in [0.25, 0.3) is 0 Å². The standard InChI is InChI=1S/C13H16N2OS.ClH/c1-14-7-6-13-15-12(9-17-13)10-4-3-5-11(8-10)16-2;/h3-5,8-9,14H,6-7H2,1-2H3;1H. The fraction of sp³-hybridized carbons (Fsp3) is 0.308. The molecule has 1 N–H and O–H groups in total. The van der Waals surface area contributed by atoms with Gasteiger partial charge in [-0.05, 0) is 19.2 Å². The van der Waals surface area contributed by atoms with Gasteiger partial charge >= 0.3 is 0 Å². The molecule has 1 aromatic carbocycles. The number of nitrogens with zero attached hydrogens (tertiary/aromatic N) is 1. The summed E-state index contributed by atoms with van der Waals surface area (Å²) in [5, 5.41) is 6.39. The molecule has 1 aromatic heterocycles. The number of ether oxygens (including phenoxy) is 1. The molecule has 0 spiro atoms. The Bertz CT molecular complexity index is 487. The van der Waals surface area contributed by atoms with Crippen molar-refractivity contribution in [1.29, 1.82) is 0 Å². The third-order valence-electron chi connectivity index (χ3n) is 2.51. The number of benzene rings is 1. The number of nitrogens with one attached hydrogen (secondary N) is 1. The zero-order valence-electron chi connectivity index (χ0n) is 10.5. The average Bonchev–Trinajstić information content (AvgIpc) is 2.85. The van der Waals surface area contributed by atoms with Crippen molar-refractivity contribution >= 4 is 23.7 Å². The molecule has 0 saturated heterocycles. The van der Waals surface area contributed by atoms with Gasteiger partial charge in [-0.3, -0.25) is 0 Å².